The van der Waals surface area contributed by atoms with Crippen molar-refractivity contribution in [1.82, 2.24) is 15.5 Å². The number of piperidine rings is 1. The molecule has 1 aromatic heterocycles. The van der Waals surface area contributed by atoms with Crippen LogP contribution in [0.2, 0.25) is 0 Å². The molecule has 2 aromatic rings. The van der Waals surface area contributed by atoms with Gasteiger partial charge in [0, 0.05) is 17.1 Å². The molecule has 0 spiro atoms. The van der Waals surface area contributed by atoms with Gasteiger partial charge in [-0.2, -0.15) is 0 Å². The maximum atomic E-state index is 12.3. The van der Waals surface area contributed by atoms with Crippen LogP contribution in [0.15, 0.2) is 27.4 Å². The van der Waals surface area contributed by atoms with Gasteiger partial charge in [-0.05, 0) is 57.0 Å². The number of hydrogen-bond donors (Lipinski definition) is 2. The Morgan fingerprint density at radius 2 is 2.26 bits per heavy atom. The second-order valence-electron chi connectivity index (χ2n) is 5.70. The Morgan fingerprint density at radius 1 is 1.39 bits per heavy atom. The highest BCUT2D eigenvalue weighted by molar-refractivity contribution is 8.01. The lowest BCUT2D eigenvalue weighted by Crippen LogP contribution is -2.37. The molecule has 1 amide bonds. The number of carbonyl (C=O) groups excluding carboxylic acids is 1. The molecule has 1 saturated heterocycles. The third kappa shape index (κ3) is 4.31. The second kappa shape index (κ2) is 7.42. The van der Waals surface area contributed by atoms with Gasteiger partial charge in [0.1, 0.15) is 5.01 Å². The predicted octanol–water partition coefficient (Wildman–Crippen LogP) is 3.24. The van der Waals surface area contributed by atoms with Gasteiger partial charge in [-0.25, -0.2) is 0 Å². The lowest BCUT2D eigenvalue weighted by Gasteiger charge is -2.22. The molecule has 0 aliphatic carbocycles. The van der Waals surface area contributed by atoms with Crippen LogP contribution in [0.1, 0.15) is 23.4 Å². The fraction of sp³-hybridized carbons (Fsp3) is 0.438. The summed E-state index contributed by atoms with van der Waals surface area (Å²) in [6, 6.07) is 6.07. The summed E-state index contributed by atoms with van der Waals surface area (Å²) >= 11 is 3.19. The Hall–Kier alpha value is -1.44. The molecule has 23 heavy (non-hydrogen) atoms. The van der Waals surface area contributed by atoms with E-state index in [1.807, 2.05) is 26.0 Å². The minimum Gasteiger partial charge on any atom is -0.326 e. The lowest BCUT2D eigenvalue weighted by atomic mass is 9.98. The van der Waals surface area contributed by atoms with E-state index in [0.29, 0.717) is 0 Å². The average Bonchev–Trinajstić information content (AvgIpc) is 2.96. The molecule has 7 heteroatoms. The van der Waals surface area contributed by atoms with Crippen molar-refractivity contribution >= 4 is 34.7 Å². The molecular formula is C16H20N4OS2. The standard InChI is InChI=1S/C16H20N4OS2/c1-10-8-13(23-16-20-19-11(2)22-16)5-6-14(10)18-15(21)12-4-3-7-17-9-12/h5-6,8,12,17H,3-4,7,9H2,1-2H3,(H,18,21). The molecule has 0 bridgehead atoms. The number of carbonyl (C=O) groups is 1. The van der Waals surface area contributed by atoms with Gasteiger partial charge in [0.05, 0.1) is 5.92 Å². The number of benzene rings is 1. The second-order valence-corrected chi connectivity index (χ2v) is 8.20. The van der Waals surface area contributed by atoms with Crippen molar-refractivity contribution in [3.05, 3.63) is 28.8 Å². The molecular weight excluding hydrogens is 328 g/mol. The fourth-order valence-electron chi connectivity index (χ4n) is 2.57. The normalized spacial score (nSPS) is 17.9. The predicted molar refractivity (Wildman–Crippen MR) is 94.2 cm³/mol. The quantitative estimate of drug-likeness (QED) is 0.888. The van der Waals surface area contributed by atoms with Gasteiger partial charge in [0.15, 0.2) is 4.34 Å². The highest BCUT2D eigenvalue weighted by atomic mass is 32.2. The van der Waals surface area contributed by atoms with Crippen LogP contribution in [0.25, 0.3) is 0 Å². The summed E-state index contributed by atoms with van der Waals surface area (Å²) in [6.45, 7) is 5.75. The Balaban J connectivity index is 1.65. The van der Waals surface area contributed by atoms with E-state index < -0.39 is 0 Å². The first-order valence-electron chi connectivity index (χ1n) is 7.72. The molecule has 122 valence electrons. The van der Waals surface area contributed by atoms with E-state index in [1.54, 1.807) is 23.1 Å². The number of amides is 1. The molecule has 5 nitrogen and oxygen atoms in total. The maximum absolute atomic E-state index is 12.3. The van der Waals surface area contributed by atoms with Crippen molar-refractivity contribution in [2.45, 2.75) is 35.9 Å². The number of nitrogens with zero attached hydrogens (tertiary/aromatic N) is 2. The van der Waals surface area contributed by atoms with Gasteiger partial charge < -0.3 is 10.6 Å². The van der Waals surface area contributed by atoms with Crippen LogP contribution in [0, 0.1) is 19.8 Å². The summed E-state index contributed by atoms with van der Waals surface area (Å²) < 4.78 is 0.937. The largest absolute Gasteiger partial charge is 0.326 e. The van der Waals surface area contributed by atoms with Gasteiger partial charge in [0.2, 0.25) is 5.91 Å². The zero-order valence-electron chi connectivity index (χ0n) is 13.3. The molecule has 1 aliphatic rings. The van der Waals surface area contributed by atoms with E-state index in [-0.39, 0.29) is 11.8 Å². The summed E-state index contributed by atoms with van der Waals surface area (Å²) in [5.41, 5.74) is 1.95. The van der Waals surface area contributed by atoms with Crippen LogP contribution in [0.5, 0.6) is 0 Å². The van der Waals surface area contributed by atoms with E-state index in [2.05, 4.69) is 26.9 Å². The smallest absolute Gasteiger partial charge is 0.228 e. The van der Waals surface area contributed by atoms with E-state index in [9.17, 15) is 4.79 Å². The fourth-order valence-corrected chi connectivity index (χ4v) is 4.46. The van der Waals surface area contributed by atoms with Crippen molar-refractivity contribution < 1.29 is 4.79 Å². The first-order valence-corrected chi connectivity index (χ1v) is 9.35. The highest BCUT2D eigenvalue weighted by Gasteiger charge is 2.21. The number of aryl methyl sites for hydroxylation is 2. The van der Waals surface area contributed by atoms with Gasteiger partial charge in [-0.1, -0.05) is 23.1 Å². The first-order chi connectivity index (χ1) is 11.1. The summed E-state index contributed by atoms with van der Waals surface area (Å²) in [7, 11) is 0. The summed E-state index contributed by atoms with van der Waals surface area (Å²) in [5.74, 6) is 0.182. The summed E-state index contributed by atoms with van der Waals surface area (Å²) in [6.07, 6.45) is 2.02. The molecule has 3 rings (SSSR count). The molecule has 1 atom stereocenters. The molecule has 0 saturated carbocycles. The number of anilines is 1. The first kappa shape index (κ1) is 16.4. The molecule has 1 aromatic carbocycles. The van der Waals surface area contributed by atoms with Gasteiger partial charge >= 0.3 is 0 Å². The van der Waals surface area contributed by atoms with E-state index in [1.165, 1.54) is 0 Å². The SMILES string of the molecule is Cc1nnc(Sc2ccc(NC(=O)C3CCCNC3)c(C)c2)s1. The maximum Gasteiger partial charge on any atom is 0.228 e. The van der Waals surface area contributed by atoms with Crippen LogP contribution >= 0.6 is 23.1 Å². The molecule has 1 aliphatic heterocycles. The van der Waals surface area contributed by atoms with Crippen molar-refractivity contribution in [2.24, 2.45) is 5.92 Å². The monoisotopic (exact) mass is 348 g/mol. The number of rotatable bonds is 4. The number of hydrogen-bond acceptors (Lipinski definition) is 6. The lowest BCUT2D eigenvalue weighted by molar-refractivity contribution is -0.120. The molecule has 1 unspecified atom stereocenters. The third-order valence-electron chi connectivity index (χ3n) is 3.84. The van der Waals surface area contributed by atoms with Gasteiger partial charge in [-0.3, -0.25) is 4.79 Å². The molecule has 1 fully saturated rings. The molecule has 2 heterocycles. The van der Waals surface area contributed by atoms with Crippen molar-refractivity contribution in [2.75, 3.05) is 18.4 Å². The van der Waals surface area contributed by atoms with Crippen LogP contribution in [0.3, 0.4) is 0 Å². The Morgan fingerprint density at radius 3 is 2.91 bits per heavy atom. The van der Waals surface area contributed by atoms with Gasteiger partial charge in [0.25, 0.3) is 0 Å². The zero-order chi connectivity index (χ0) is 16.2. The minimum absolute atomic E-state index is 0.0709. The van der Waals surface area contributed by atoms with Crippen molar-refractivity contribution in [1.29, 1.82) is 0 Å². The zero-order valence-corrected chi connectivity index (χ0v) is 14.9. The Bertz CT molecular complexity index is 695. The minimum atomic E-state index is 0.0709. The Labute approximate surface area is 144 Å². The topological polar surface area (TPSA) is 66.9 Å². The molecule has 2 N–H and O–H groups in total. The van der Waals surface area contributed by atoms with E-state index in [0.717, 1.165) is 51.4 Å². The van der Waals surface area contributed by atoms with E-state index in [4.69, 9.17) is 0 Å². The van der Waals surface area contributed by atoms with Crippen LogP contribution in [-0.4, -0.2) is 29.2 Å². The van der Waals surface area contributed by atoms with Crippen molar-refractivity contribution in [3.63, 3.8) is 0 Å². The Kier molecular flexibility index (Phi) is 5.30. The van der Waals surface area contributed by atoms with Crippen LogP contribution in [0.4, 0.5) is 5.69 Å². The highest BCUT2D eigenvalue weighted by Crippen LogP contribution is 2.32. The van der Waals surface area contributed by atoms with Crippen LogP contribution in [-0.2, 0) is 4.79 Å². The number of aromatic nitrogens is 2. The number of nitrogens with one attached hydrogen (secondary N) is 2. The van der Waals surface area contributed by atoms with Crippen LogP contribution < -0.4 is 10.6 Å². The molecule has 0 radical (unpaired) electrons. The van der Waals surface area contributed by atoms with Gasteiger partial charge in [-0.15, -0.1) is 10.2 Å². The average molecular weight is 348 g/mol. The third-order valence-corrected chi connectivity index (χ3v) is 5.72. The summed E-state index contributed by atoms with van der Waals surface area (Å²) in [5, 5.41) is 15.5. The van der Waals surface area contributed by atoms with E-state index >= 15 is 0 Å². The van der Waals surface area contributed by atoms with Crippen molar-refractivity contribution in [3.8, 4) is 0 Å². The summed E-state index contributed by atoms with van der Waals surface area (Å²) in [4.78, 5) is 13.4.